The minimum absolute atomic E-state index is 0.150. The fourth-order valence-electron chi connectivity index (χ4n) is 0.801. The average molecular weight is 241 g/mol. The number of ether oxygens (including phenoxy) is 1. The van der Waals surface area contributed by atoms with Gasteiger partial charge in [0, 0.05) is 0 Å². The van der Waals surface area contributed by atoms with E-state index in [-0.39, 0.29) is 11.3 Å². The third-order valence-corrected chi connectivity index (χ3v) is 1.91. The fraction of sp³-hybridized carbons (Fsp3) is 0. The van der Waals surface area contributed by atoms with Crippen LogP contribution in [0.4, 0.5) is 4.79 Å². The molecule has 0 spiro atoms. The van der Waals surface area contributed by atoms with Gasteiger partial charge in [-0.1, -0.05) is 6.07 Å². The molecule has 0 aromatic heterocycles. The Labute approximate surface area is 83.0 Å². The van der Waals surface area contributed by atoms with Crippen LogP contribution in [0.25, 0.3) is 0 Å². The predicted octanol–water partition coefficient (Wildman–Crippen LogP) is 1.78. The van der Waals surface area contributed by atoms with Crippen molar-refractivity contribution in [1.29, 1.82) is 5.26 Å². The third-order valence-electron chi connectivity index (χ3n) is 1.29. The topological polar surface area (TPSA) is 76.1 Å². The normalized spacial score (nSPS) is 8.92. The number of benzene rings is 1. The van der Waals surface area contributed by atoms with E-state index >= 15 is 0 Å². The van der Waals surface area contributed by atoms with Gasteiger partial charge in [0.1, 0.15) is 6.07 Å². The van der Waals surface area contributed by atoms with E-state index in [1.165, 1.54) is 6.07 Å². The first-order chi connectivity index (χ1) is 6.15. The molecule has 0 fully saturated rings. The maximum absolute atomic E-state index is 10.5. The zero-order valence-electron chi connectivity index (χ0n) is 6.45. The van der Waals surface area contributed by atoms with E-state index in [2.05, 4.69) is 20.7 Å². The highest BCUT2D eigenvalue weighted by Crippen LogP contribution is 2.28. The van der Waals surface area contributed by atoms with Crippen LogP contribution in [0.1, 0.15) is 5.56 Å². The molecular weight excluding hydrogens is 236 g/mol. The van der Waals surface area contributed by atoms with Crippen LogP contribution in [0.2, 0.25) is 0 Å². The molecule has 4 nitrogen and oxygen atoms in total. The van der Waals surface area contributed by atoms with E-state index in [1.54, 1.807) is 12.1 Å². The first kappa shape index (κ1) is 9.55. The van der Waals surface area contributed by atoms with Gasteiger partial charge in [-0.15, -0.1) is 0 Å². The minimum atomic E-state index is -0.941. The number of para-hydroxylation sites is 1. The highest BCUT2D eigenvalue weighted by atomic mass is 79.9. The highest BCUT2D eigenvalue weighted by Gasteiger charge is 2.09. The van der Waals surface area contributed by atoms with Crippen molar-refractivity contribution in [2.75, 3.05) is 0 Å². The maximum atomic E-state index is 10.5. The molecule has 13 heavy (non-hydrogen) atoms. The van der Waals surface area contributed by atoms with Crippen molar-refractivity contribution in [1.82, 2.24) is 0 Å². The van der Waals surface area contributed by atoms with Crippen LogP contribution in [-0.4, -0.2) is 6.09 Å². The number of amides is 1. The quantitative estimate of drug-likeness (QED) is 0.813. The Morgan fingerprint density at radius 2 is 2.31 bits per heavy atom. The standard InChI is InChI=1S/C8H5BrN2O2/c9-6-3-1-2-5(4-10)7(6)13-8(11)12/h1-3H,(H2,11,12). The molecule has 0 aliphatic heterocycles. The largest absolute Gasteiger partial charge is 0.410 e. The second-order valence-electron chi connectivity index (χ2n) is 2.15. The molecule has 0 atom stereocenters. The van der Waals surface area contributed by atoms with Crippen LogP contribution < -0.4 is 10.5 Å². The van der Waals surface area contributed by atoms with Gasteiger partial charge in [-0.3, -0.25) is 0 Å². The molecule has 0 heterocycles. The van der Waals surface area contributed by atoms with E-state index in [0.717, 1.165) is 0 Å². The molecule has 0 aliphatic rings. The Balaban J connectivity index is 3.17. The lowest BCUT2D eigenvalue weighted by atomic mass is 10.2. The van der Waals surface area contributed by atoms with Crippen LogP contribution in [0.15, 0.2) is 22.7 Å². The SMILES string of the molecule is N#Cc1cccc(Br)c1OC(N)=O. The number of rotatable bonds is 1. The van der Waals surface area contributed by atoms with Gasteiger partial charge in [0.05, 0.1) is 10.0 Å². The lowest BCUT2D eigenvalue weighted by Gasteiger charge is -2.04. The summed E-state index contributed by atoms with van der Waals surface area (Å²) in [5.41, 5.74) is 5.08. The summed E-state index contributed by atoms with van der Waals surface area (Å²) in [5.74, 6) is 0.150. The van der Waals surface area contributed by atoms with Crippen LogP contribution in [0.5, 0.6) is 5.75 Å². The summed E-state index contributed by atoms with van der Waals surface area (Å²) < 4.78 is 5.16. The number of nitrogens with zero attached hydrogens (tertiary/aromatic N) is 1. The summed E-state index contributed by atoms with van der Waals surface area (Å²) in [5, 5.41) is 8.65. The summed E-state index contributed by atoms with van der Waals surface area (Å²) in [6.07, 6.45) is -0.941. The molecule has 1 aromatic rings. The molecule has 1 aromatic carbocycles. The zero-order chi connectivity index (χ0) is 9.84. The molecule has 0 saturated carbocycles. The number of carbonyl (C=O) groups is 1. The van der Waals surface area contributed by atoms with Crippen molar-refractivity contribution in [3.63, 3.8) is 0 Å². The molecule has 0 saturated heterocycles. The second-order valence-corrected chi connectivity index (χ2v) is 3.00. The van der Waals surface area contributed by atoms with Crippen LogP contribution >= 0.6 is 15.9 Å². The van der Waals surface area contributed by atoms with Crippen molar-refractivity contribution < 1.29 is 9.53 Å². The zero-order valence-corrected chi connectivity index (χ0v) is 8.04. The molecule has 0 unspecified atom stereocenters. The minimum Gasteiger partial charge on any atom is -0.408 e. The lowest BCUT2D eigenvalue weighted by molar-refractivity contribution is 0.210. The molecule has 1 rings (SSSR count). The van der Waals surface area contributed by atoms with E-state index in [1.807, 2.05) is 6.07 Å². The number of hydrogen-bond donors (Lipinski definition) is 1. The Morgan fingerprint density at radius 3 is 2.85 bits per heavy atom. The van der Waals surface area contributed by atoms with Gasteiger partial charge < -0.3 is 10.5 Å². The van der Waals surface area contributed by atoms with Gasteiger partial charge in [-0.2, -0.15) is 5.26 Å². The molecule has 2 N–H and O–H groups in total. The molecule has 0 bridgehead atoms. The van der Waals surface area contributed by atoms with Gasteiger partial charge in [-0.25, -0.2) is 4.79 Å². The van der Waals surface area contributed by atoms with Crippen molar-refractivity contribution in [2.45, 2.75) is 0 Å². The van der Waals surface area contributed by atoms with Gasteiger partial charge in [0.25, 0.3) is 0 Å². The highest BCUT2D eigenvalue weighted by molar-refractivity contribution is 9.10. The molecule has 1 amide bonds. The Morgan fingerprint density at radius 1 is 1.62 bits per heavy atom. The van der Waals surface area contributed by atoms with E-state index in [0.29, 0.717) is 4.47 Å². The van der Waals surface area contributed by atoms with Gasteiger partial charge in [0.2, 0.25) is 0 Å². The van der Waals surface area contributed by atoms with Crippen molar-refractivity contribution >= 4 is 22.0 Å². The monoisotopic (exact) mass is 240 g/mol. The Kier molecular flexibility index (Phi) is 2.88. The molecule has 0 aliphatic carbocycles. The Bertz CT molecular complexity index is 384. The van der Waals surface area contributed by atoms with Crippen molar-refractivity contribution in [3.05, 3.63) is 28.2 Å². The summed E-state index contributed by atoms with van der Waals surface area (Å²) >= 11 is 3.13. The average Bonchev–Trinajstić information content (AvgIpc) is 2.08. The molecule has 0 radical (unpaired) electrons. The fourth-order valence-corrected chi connectivity index (χ4v) is 1.25. The number of hydrogen-bond acceptors (Lipinski definition) is 3. The van der Waals surface area contributed by atoms with E-state index in [4.69, 9.17) is 11.0 Å². The second kappa shape index (κ2) is 3.92. The first-order valence-electron chi connectivity index (χ1n) is 3.31. The summed E-state index contributed by atoms with van der Waals surface area (Å²) in [6, 6.07) is 6.72. The predicted molar refractivity (Wildman–Crippen MR) is 49.1 cm³/mol. The number of nitriles is 1. The summed E-state index contributed by atoms with van der Waals surface area (Å²) in [4.78, 5) is 10.5. The number of carbonyl (C=O) groups excluding carboxylic acids is 1. The Hall–Kier alpha value is -1.54. The van der Waals surface area contributed by atoms with Crippen molar-refractivity contribution in [3.8, 4) is 11.8 Å². The third kappa shape index (κ3) is 2.20. The smallest absolute Gasteiger partial charge is 0.408 e. The maximum Gasteiger partial charge on any atom is 0.410 e. The summed E-state index contributed by atoms with van der Waals surface area (Å²) in [6.45, 7) is 0. The molecule has 5 heteroatoms. The molecular formula is C8H5BrN2O2. The van der Waals surface area contributed by atoms with Gasteiger partial charge >= 0.3 is 6.09 Å². The van der Waals surface area contributed by atoms with Crippen LogP contribution in [0.3, 0.4) is 0 Å². The van der Waals surface area contributed by atoms with Gasteiger partial charge in [0.15, 0.2) is 5.75 Å². The van der Waals surface area contributed by atoms with Crippen molar-refractivity contribution in [2.24, 2.45) is 5.73 Å². The van der Waals surface area contributed by atoms with Crippen LogP contribution in [-0.2, 0) is 0 Å². The number of halogens is 1. The van der Waals surface area contributed by atoms with E-state index < -0.39 is 6.09 Å². The van der Waals surface area contributed by atoms with Crippen LogP contribution in [0, 0.1) is 11.3 Å². The van der Waals surface area contributed by atoms with Gasteiger partial charge in [-0.05, 0) is 28.1 Å². The first-order valence-corrected chi connectivity index (χ1v) is 4.10. The molecule has 66 valence electrons. The number of nitrogens with two attached hydrogens (primary N) is 1. The lowest BCUT2D eigenvalue weighted by Crippen LogP contribution is -2.17. The number of primary amides is 1. The summed E-state index contributed by atoms with van der Waals surface area (Å²) in [7, 11) is 0. The van der Waals surface area contributed by atoms with E-state index in [9.17, 15) is 4.79 Å².